The van der Waals surface area contributed by atoms with Crippen molar-refractivity contribution in [2.24, 2.45) is 0 Å². The lowest BCUT2D eigenvalue weighted by Crippen LogP contribution is -1.97. The van der Waals surface area contributed by atoms with Gasteiger partial charge >= 0.3 is 0 Å². The highest BCUT2D eigenvalue weighted by molar-refractivity contribution is 5.95. The predicted molar refractivity (Wildman–Crippen MR) is 86.1 cm³/mol. The smallest absolute Gasteiger partial charge is 0.159 e. The third kappa shape index (κ3) is 2.32. The number of carbonyl (C=O) groups is 1. The molecule has 0 saturated heterocycles. The molecular weight excluding hydrogens is 290 g/mol. The van der Waals surface area contributed by atoms with Gasteiger partial charge in [0.25, 0.3) is 0 Å². The van der Waals surface area contributed by atoms with Gasteiger partial charge in [0, 0.05) is 16.7 Å². The van der Waals surface area contributed by atoms with E-state index in [1.165, 1.54) is 0 Å². The minimum atomic E-state index is 0.0349. The van der Waals surface area contributed by atoms with Crippen molar-refractivity contribution in [3.05, 3.63) is 66.8 Å². The van der Waals surface area contributed by atoms with E-state index in [0.29, 0.717) is 5.56 Å². The van der Waals surface area contributed by atoms with Crippen LogP contribution in [0.15, 0.2) is 65.6 Å². The van der Waals surface area contributed by atoms with Crippen molar-refractivity contribution < 1.29 is 9.21 Å². The molecule has 1 aromatic carbocycles. The number of hydrogen-bond donors (Lipinski definition) is 0. The zero-order valence-corrected chi connectivity index (χ0v) is 12.4. The first-order valence-electron chi connectivity index (χ1n) is 7.21. The van der Waals surface area contributed by atoms with Gasteiger partial charge in [-0.1, -0.05) is 18.2 Å². The average Bonchev–Trinajstić information content (AvgIpc) is 3.24. The van der Waals surface area contributed by atoms with Crippen LogP contribution in [0.1, 0.15) is 17.3 Å². The summed E-state index contributed by atoms with van der Waals surface area (Å²) in [7, 11) is 0. The van der Waals surface area contributed by atoms with Crippen molar-refractivity contribution in [1.29, 1.82) is 0 Å². The topological polar surface area (TPSA) is 60.4 Å². The minimum absolute atomic E-state index is 0.0349. The molecule has 3 aromatic heterocycles. The number of benzene rings is 1. The number of imidazole rings is 1. The van der Waals surface area contributed by atoms with Crippen molar-refractivity contribution >= 4 is 11.4 Å². The van der Waals surface area contributed by atoms with Crippen LogP contribution in [0.5, 0.6) is 0 Å². The van der Waals surface area contributed by atoms with E-state index >= 15 is 0 Å². The van der Waals surface area contributed by atoms with E-state index in [9.17, 15) is 4.79 Å². The summed E-state index contributed by atoms with van der Waals surface area (Å²) < 4.78 is 6.90. The van der Waals surface area contributed by atoms with Gasteiger partial charge in [0.2, 0.25) is 0 Å². The summed E-state index contributed by atoms with van der Waals surface area (Å²) in [5.41, 5.74) is 4.87. The van der Waals surface area contributed by atoms with E-state index in [2.05, 4.69) is 10.1 Å². The molecule has 0 unspecified atom stereocenters. The highest BCUT2D eigenvalue weighted by atomic mass is 16.3. The van der Waals surface area contributed by atoms with Gasteiger partial charge in [0.05, 0.1) is 30.1 Å². The number of fused-ring (bicyclic) bond motifs is 1. The number of aromatic nitrogens is 3. The third-order valence-electron chi connectivity index (χ3n) is 3.74. The van der Waals surface area contributed by atoms with Gasteiger partial charge < -0.3 is 4.42 Å². The molecule has 5 nitrogen and oxygen atoms in total. The summed E-state index contributed by atoms with van der Waals surface area (Å²) in [4.78, 5) is 16.0. The number of rotatable bonds is 3. The molecule has 0 aliphatic rings. The summed E-state index contributed by atoms with van der Waals surface area (Å²) in [5.74, 6) is 0.0349. The molecule has 112 valence electrons. The number of nitrogens with zero attached hydrogens (tertiary/aromatic N) is 3. The van der Waals surface area contributed by atoms with Gasteiger partial charge in [-0.3, -0.25) is 4.79 Å². The van der Waals surface area contributed by atoms with Crippen molar-refractivity contribution in [2.45, 2.75) is 6.92 Å². The Labute approximate surface area is 132 Å². The summed E-state index contributed by atoms with van der Waals surface area (Å²) in [6, 6.07) is 13.2. The quantitative estimate of drug-likeness (QED) is 0.539. The molecule has 4 aromatic rings. The van der Waals surface area contributed by atoms with Crippen molar-refractivity contribution in [3.8, 4) is 22.5 Å². The predicted octanol–water partition coefficient (Wildman–Crippen LogP) is 3.86. The van der Waals surface area contributed by atoms with E-state index in [0.717, 1.165) is 28.2 Å². The number of furan rings is 1. The molecular formula is C18H13N3O2. The number of carbonyl (C=O) groups excluding carboxylic acids is 1. The molecule has 0 saturated carbocycles. The number of hydrogen-bond acceptors (Lipinski definition) is 4. The second kappa shape index (κ2) is 5.21. The van der Waals surface area contributed by atoms with Crippen molar-refractivity contribution in [1.82, 2.24) is 14.6 Å². The van der Waals surface area contributed by atoms with E-state index in [1.54, 1.807) is 36.2 Å². The van der Waals surface area contributed by atoms with Crippen LogP contribution in [0.3, 0.4) is 0 Å². The highest BCUT2D eigenvalue weighted by Crippen LogP contribution is 2.24. The summed E-state index contributed by atoms with van der Waals surface area (Å²) in [6.45, 7) is 1.56. The number of ketones is 1. The second-order valence-corrected chi connectivity index (χ2v) is 5.28. The Bertz CT molecular complexity index is 1000. The Kier molecular flexibility index (Phi) is 3.05. The van der Waals surface area contributed by atoms with Crippen LogP contribution in [0.25, 0.3) is 28.2 Å². The molecule has 0 aliphatic heterocycles. The molecule has 4 rings (SSSR count). The van der Waals surface area contributed by atoms with E-state index in [1.807, 2.05) is 36.4 Å². The molecule has 23 heavy (non-hydrogen) atoms. The fourth-order valence-corrected chi connectivity index (χ4v) is 2.53. The molecule has 3 heterocycles. The van der Waals surface area contributed by atoms with Crippen LogP contribution in [-0.4, -0.2) is 20.4 Å². The van der Waals surface area contributed by atoms with Crippen LogP contribution >= 0.6 is 0 Å². The standard InChI is InChI=1S/C18H13N3O2/c1-12(22)13-3-2-4-14(9-13)17-10-19-18-6-5-16(20-21(17)18)15-7-8-23-11-15/h2-11H,1H3. The summed E-state index contributed by atoms with van der Waals surface area (Å²) in [6.07, 6.45) is 5.04. The molecule has 0 fully saturated rings. The molecule has 0 radical (unpaired) electrons. The van der Waals surface area contributed by atoms with Gasteiger partial charge in [-0.2, -0.15) is 5.10 Å². The molecule has 0 N–H and O–H groups in total. The van der Waals surface area contributed by atoms with Gasteiger partial charge in [-0.15, -0.1) is 0 Å². The first-order valence-corrected chi connectivity index (χ1v) is 7.21. The van der Waals surface area contributed by atoms with Gasteiger partial charge in [0.15, 0.2) is 11.4 Å². The largest absolute Gasteiger partial charge is 0.472 e. The number of Topliss-reactive ketones (excluding diaryl/α,β-unsaturated/α-hetero) is 1. The lowest BCUT2D eigenvalue weighted by atomic mass is 10.1. The fraction of sp³-hybridized carbons (Fsp3) is 0.0556. The maximum atomic E-state index is 11.6. The monoisotopic (exact) mass is 303 g/mol. The SMILES string of the molecule is CC(=O)c1cccc(-c2cnc3ccc(-c4ccoc4)nn23)c1. The van der Waals surface area contributed by atoms with Crippen LogP contribution in [0.4, 0.5) is 0 Å². The Morgan fingerprint density at radius 1 is 1.13 bits per heavy atom. The Morgan fingerprint density at radius 2 is 2.04 bits per heavy atom. The normalized spacial score (nSPS) is 11.0. The lowest BCUT2D eigenvalue weighted by molar-refractivity contribution is 0.101. The lowest BCUT2D eigenvalue weighted by Gasteiger charge is -2.04. The minimum Gasteiger partial charge on any atom is -0.472 e. The van der Waals surface area contributed by atoms with Gasteiger partial charge in [-0.25, -0.2) is 9.50 Å². The maximum Gasteiger partial charge on any atom is 0.159 e. The Balaban J connectivity index is 1.89. The Hall–Kier alpha value is -3.21. The first kappa shape index (κ1) is 13.5. The first-order chi connectivity index (χ1) is 11.2. The molecule has 0 bridgehead atoms. The highest BCUT2D eigenvalue weighted by Gasteiger charge is 2.10. The fourth-order valence-electron chi connectivity index (χ4n) is 2.53. The zero-order valence-electron chi connectivity index (χ0n) is 12.4. The van der Waals surface area contributed by atoms with E-state index in [4.69, 9.17) is 4.42 Å². The third-order valence-corrected chi connectivity index (χ3v) is 3.74. The molecule has 5 heteroatoms. The van der Waals surface area contributed by atoms with Gasteiger partial charge in [-0.05, 0) is 31.2 Å². The van der Waals surface area contributed by atoms with Crippen LogP contribution in [-0.2, 0) is 0 Å². The van der Waals surface area contributed by atoms with Gasteiger partial charge in [0.1, 0.15) is 0 Å². The second-order valence-electron chi connectivity index (χ2n) is 5.28. The molecule has 0 amide bonds. The zero-order chi connectivity index (χ0) is 15.8. The van der Waals surface area contributed by atoms with Crippen LogP contribution < -0.4 is 0 Å². The maximum absolute atomic E-state index is 11.6. The van der Waals surface area contributed by atoms with Crippen LogP contribution in [0.2, 0.25) is 0 Å². The molecule has 0 aliphatic carbocycles. The van der Waals surface area contributed by atoms with Crippen LogP contribution in [0, 0.1) is 0 Å². The van der Waals surface area contributed by atoms with E-state index in [-0.39, 0.29) is 5.78 Å². The molecule has 0 atom stereocenters. The summed E-state index contributed by atoms with van der Waals surface area (Å²) >= 11 is 0. The van der Waals surface area contributed by atoms with Crippen molar-refractivity contribution in [3.63, 3.8) is 0 Å². The molecule has 0 spiro atoms. The van der Waals surface area contributed by atoms with Crippen molar-refractivity contribution in [2.75, 3.05) is 0 Å². The summed E-state index contributed by atoms with van der Waals surface area (Å²) in [5, 5.41) is 4.64. The van der Waals surface area contributed by atoms with E-state index < -0.39 is 0 Å². The average molecular weight is 303 g/mol. The Morgan fingerprint density at radius 3 is 2.83 bits per heavy atom.